The van der Waals surface area contributed by atoms with E-state index in [2.05, 4.69) is 21.3 Å². The molecule has 0 bridgehead atoms. The first kappa shape index (κ1) is 86.5. The van der Waals surface area contributed by atoms with Crippen LogP contribution in [0.25, 0.3) is 0 Å². The molecular formula is C55H90GdN8O30+3. The minimum Gasteiger partial charge on any atom is -0.481 e. The van der Waals surface area contributed by atoms with Gasteiger partial charge in [-0.25, -0.2) is 0 Å². The molecule has 1 radical (unpaired) electrons. The van der Waals surface area contributed by atoms with E-state index >= 15 is 0 Å². The fraction of sp³-hybridized carbons (Fsp3) is 0.709. The Bertz CT molecular complexity index is 2540. The van der Waals surface area contributed by atoms with Gasteiger partial charge in [0.25, 0.3) is 23.6 Å². The average Bonchev–Trinajstić information content (AvgIpc) is 0.878. The molecule has 0 aromatic heterocycles. The van der Waals surface area contributed by atoms with Crippen LogP contribution in [0, 0.1) is 45.4 Å². The van der Waals surface area contributed by atoms with E-state index in [1.807, 2.05) is 0 Å². The molecule has 0 saturated carbocycles. The second-order valence-electron chi connectivity index (χ2n) is 22.5. The largest absolute Gasteiger partial charge is 3.00 e. The summed E-state index contributed by atoms with van der Waals surface area (Å²) < 4.78 is 0. The van der Waals surface area contributed by atoms with Gasteiger partial charge >= 0.3 is 75.8 Å². The van der Waals surface area contributed by atoms with Crippen LogP contribution in [-0.4, -0.2) is 365 Å². The number of aliphatic carboxylic acids is 6. The minimum atomic E-state index is -2.63. The van der Waals surface area contributed by atoms with E-state index in [0.29, 0.717) is 5.56 Å². The van der Waals surface area contributed by atoms with Crippen LogP contribution in [-0.2, 0) is 49.7 Å². The van der Waals surface area contributed by atoms with Gasteiger partial charge in [-0.2, -0.15) is 0 Å². The molecule has 1 aliphatic heterocycles. The van der Waals surface area contributed by atoms with Crippen LogP contribution in [0.15, 0.2) is 24.3 Å². The number of nitrogens with one attached hydrogen (secondary N) is 4. The second-order valence-corrected chi connectivity index (χ2v) is 22.5. The summed E-state index contributed by atoms with van der Waals surface area (Å²) in [6.07, 6.45) is -29.0. The molecule has 1 saturated heterocycles. The van der Waals surface area contributed by atoms with E-state index in [1.165, 1.54) is 32.9 Å². The first-order chi connectivity index (χ1) is 43.6. The number of carboxylic acid groups (broad SMARTS) is 6. The van der Waals surface area contributed by atoms with Gasteiger partial charge in [0.2, 0.25) is 0 Å². The summed E-state index contributed by atoms with van der Waals surface area (Å²) in [6, 6.07) is 1.34. The van der Waals surface area contributed by atoms with E-state index in [0.717, 1.165) is 0 Å². The third-order valence-corrected chi connectivity index (χ3v) is 15.6. The maximum atomic E-state index is 14.4. The number of nitrogens with zero attached hydrogens (tertiary/aromatic N) is 4. The molecule has 38 nitrogen and oxygen atoms in total. The molecule has 4 amide bonds. The van der Waals surface area contributed by atoms with E-state index in [-0.39, 0.29) is 137 Å². The Morgan fingerprint density at radius 1 is 0.426 bits per heavy atom. The molecule has 14 atom stereocenters. The predicted octanol–water partition coefficient (Wildman–Crippen LogP) is -10.8. The molecule has 1 fully saturated rings. The fourth-order valence-corrected chi connectivity index (χ4v) is 9.99. The maximum Gasteiger partial charge on any atom is 3.00 e. The van der Waals surface area contributed by atoms with Crippen molar-refractivity contribution in [3.05, 3.63) is 35.4 Å². The van der Waals surface area contributed by atoms with Crippen LogP contribution in [0.4, 0.5) is 0 Å². The monoisotopic (exact) mass is 1500 g/mol. The zero-order valence-corrected chi connectivity index (χ0v) is 53.3. The number of carbonyl (C=O) groups excluding carboxylic acids is 4. The molecule has 94 heavy (non-hydrogen) atoms. The quantitative estimate of drug-likeness (QED) is 0.0290. The first-order valence-electron chi connectivity index (χ1n) is 29.5. The van der Waals surface area contributed by atoms with Crippen molar-refractivity contribution in [3.63, 3.8) is 0 Å². The molecular weight excluding hydrogens is 1410 g/mol. The molecule has 39 heteroatoms. The maximum absolute atomic E-state index is 14.4. The molecule has 2 rings (SSSR count). The summed E-state index contributed by atoms with van der Waals surface area (Å²) in [4.78, 5) is 134. The van der Waals surface area contributed by atoms with Gasteiger partial charge in [-0.3, -0.25) is 67.5 Å². The van der Waals surface area contributed by atoms with Crippen LogP contribution in [0.2, 0.25) is 0 Å². The van der Waals surface area contributed by atoms with Crippen LogP contribution in [0.1, 0.15) is 67.3 Å². The third-order valence-electron chi connectivity index (χ3n) is 15.6. The molecule has 24 N–H and O–H groups in total. The number of aliphatic hydroxyl groups excluding tert-OH is 14. The van der Waals surface area contributed by atoms with E-state index in [9.17, 15) is 150 Å². The summed E-state index contributed by atoms with van der Waals surface area (Å²) in [5.41, 5.74) is -1.97. The molecule has 0 aliphatic carbocycles. The van der Waals surface area contributed by atoms with Gasteiger partial charge < -0.3 is 123 Å². The predicted molar refractivity (Wildman–Crippen MR) is 312 cm³/mol. The number of aliphatic hydroxyl groups is 14. The smallest absolute Gasteiger partial charge is 0.481 e. The number of carbonyl (C=O) groups is 10. The number of benzene rings is 1. The van der Waals surface area contributed by atoms with Crippen molar-refractivity contribution in [1.82, 2.24) is 40.9 Å². The van der Waals surface area contributed by atoms with Crippen molar-refractivity contribution >= 4 is 59.4 Å². The van der Waals surface area contributed by atoms with Crippen LogP contribution >= 0.6 is 0 Å². The zero-order valence-electron chi connectivity index (χ0n) is 51.0. The number of hydrogen-bond donors (Lipinski definition) is 24. The van der Waals surface area contributed by atoms with Crippen LogP contribution in [0.3, 0.4) is 0 Å². The summed E-state index contributed by atoms with van der Waals surface area (Å²) in [6.45, 7) is -8.13. The summed E-state index contributed by atoms with van der Waals surface area (Å²) >= 11 is 0. The number of rotatable bonds is 40. The first-order valence-corrected chi connectivity index (χ1v) is 29.5. The van der Waals surface area contributed by atoms with Crippen molar-refractivity contribution in [3.8, 4) is 0 Å². The number of carboxylic acids is 6. The Kier molecular flexibility index (Phi) is 40.2. The Morgan fingerprint density at radius 2 is 0.755 bits per heavy atom. The van der Waals surface area contributed by atoms with E-state index in [4.69, 9.17) is 0 Å². The topological polar surface area (TPSA) is 636 Å². The van der Waals surface area contributed by atoms with Crippen LogP contribution < -0.4 is 21.3 Å². The van der Waals surface area contributed by atoms with Crippen molar-refractivity contribution in [2.75, 3.05) is 98.4 Å². The van der Waals surface area contributed by atoms with Gasteiger partial charge in [0, 0.05) is 109 Å². The Balaban J connectivity index is 0.0000442. The molecule has 1 aromatic rings. The average molecular weight is 1500 g/mol. The second kappa shape index (κ2) is 43.6. The zero-order chi connectivity index (χ0) is 70.4. The van der Waals surface area contributed by atoms with Gasteiger partial charge in [0.05, 0.1) is 19.8 Å². The molecule has 0 spiro atoms. The minimum absolute atomic E-state index is 0. The van der Waals surface area contributed by atoms with Crippen LogP contribution in [0.5, 0.6) is 0 Å². The Hall–Kier alpha value is -5.48. The Morgan fingerprint density at radius 3 is 1.11 bits per heavy atom. The van der Waals surface area contributed by atoms with E-state index in [1.54, 1.807) is 11.0 Å². The van der Waals surface area contributed by atoms with Gasteiger partial charge in [-0.15, -0.1) is 0 Å². The summed E-state index contributed by atoms with van der Waals surface area (Å²) in [5.74, 6) is -13.8. The summed E-state index contributed by atoms with van der Waals surface area (Å²) in [5, 5.41) is 210. The van der Waals surface area contributed by atoms with Gasteiger partial charge in [-0.1, -0.05) is 12.1 Å². The van der Waals surface area contributed by atoms with Gasteiger partial charge in [0.1, 0.15) is 67.0 Å². The molecule has 1 aromatic carbocycles. The van der Waals surface area contributed by atoms with Crippen molar-refractivity contribution in [2.45, 2.75) is 143 Å². The molecule has 535 valence electrons. The standard InChI is InChI=1S/C55H90N8O30.Gd/c64-22-34(67)40(76)43(79)46(82)50(86)58-27-55(26-57-49(85)45(81)42(78)36(69)24-66,28-59-51(87)47(83)44(80)41(77)35(68)23-65)25-56-48(84)30-5-1-4-29(20-30)21-60-12-2-13-62(32(53(90)91)7-10-38(72)73)18-19-63(33(54(92)93)8-11-39(74)75)15-3-14-61(17-16-60)31(52(88)89)6-9-37(70)71;/h1,4-5,20,31-36,40-47,64-69,76-83H,2-3,6-19,21-28H2,(H,56,84)(H,57,85)(H,58,86)(H,59,87)(H,70,71)(H,72,73)(H,74,75)(H,88,89)(H,90,91)(H,92,93);/q;+3. The van der Waals surface area contributed by atoms with E-state index < -0.39 is 215 Å². The number of hydrogen-bond acceptors (Lipinski definition) is 28. The van der Waals surface area contributed by atoms with Crippen molar-refractivity contribution in [2.24, 2.45) is 5.41 Å². The number of amides is 4. The Labute approximate surface area is 569 Å². The van der Waals surface area contributed by atoms with Gasteiger partial charge in [0.15, 0.2) is 18.3 Å². The summed E-state index contributed by atoms with van der Waals surface area (Å²) in [7, 11) is 0. The third kappa shape index (κ3) is 29.1. The van der Waals surface area contributed by atoms with Crippen molar-refractivity contribution < 1.29 is 190 Å². The SMILES string of the molecule is O=C(O)CCC(C(=O)O)N1CCCN(C(CCC(=O)O)C(=O)O)CCN(C(CCC(=O)O)C(=O)O)CCCN(Cc2cccc(C(=O)NCC(CNC(=O)C(O)C(O)C(O)CO)(CNC(=O)C(O)C(O)C(O)C(O)CO)CNC(=O)C(O)C(O)C(O)C(O)CO)c2)CC1.[Gd+3]. The molecule has 1 aliphatic rings. The van der Waals surface area contributed by atoms with Gasteiger partial charge in [-0.05, 0) is 56.3 Å². The normalized spacial score (nSPS) is 19.5. The van der Waals surface area contributed by atoms with Crippen molar-refractivity contribution in [1.29, 1.82) is 0 Å². The fourth-order valence-electron chi connectivity index (χ4n) is 9.99. The molecule has 1 heterocycles. The molecule has 14 unspecified atom stereocenters.